The number of hydrogen-bond acceptors (Lipinski definition) is 3. The summed E-state index contributed by atoms with van der Waals surface area (Å²) in [5.74, 6) is 0.805. The van der Waals surface area contributed by atoms with E-state index in [1.165, 1.54) is 12.8 Å². The third-order valence-corrected chi connectivity index (χ3v) is 2.37. The average molecular weight is 246 g/mol. The molecule has 0 radical (unpaired) electrons. The lowest BCUT2D eigenvalue weighted by Gasteiger charge is -2.08. The molecular weight excluding hydrogens is 216 g/mol. The Labute approximate surface area is 107 Å². The molecule has 0 aliphatic rings. The summed E-state index contributed by atoms with van der Waals surface area (Å²) in [4.78, 5) is 0. The van der Waals surface area contributed by atoms with Crippen molar-refractivity contribution < 1.29 is 14.2 Å². The molecule has 104 valence electrons. The monoisotopic (exact) mass is 246 g/mol. The van der Waals surface area contributed by atoms with E-state index in [1.54, 1.807) is 0 Å². The molecule has 0 spiro atoms. The van der Waals surface area contributed by atoms with Gasteiger partial charge in [0.15, 0.2) is 0 Å². The molecule has 0 unspecified atom stereocenters. The van der Waals surface area contributed by atoms with Crippen LogP contribution < -0.4 is 0 Å². The van der Waals surface area contributed by atoms with E-state index < -0.39 is 0 Å². The van der Waals surface area contributed by atoms with Gasteiger partial charge in [-0.05, 0) is 26.2 Å². The van der Waals surface area contributed by atoms with Crippen LogP contribution in [0, 0.1) is 5.92 Å². The van der Waals surface area contributed by atoms with E-state index >= 15 is 0 Å². The van der Waals surface area contributed by atoms with Gasteiger partial charge >= 0.3 is 0 Å². The highest BCUT2D eigenvalue weighted by atomic mass is 16.5. The van der Waals surface area contributed by atoms with Crippen molar-refractivity contribution in [2.45, 2.75) is 53.1 Å². The molecule has 0 saturated carbocycles. The highest BCUT2D eigenvalue weighted by Crippen LogP contribution is 2.05. The van der Waals surface area contributed by atoms with E-state index in [4.69, 9.17) is 14.2 Å². The SMILES string of the molecule is CC(C)CCCCOCCOCCOC(C)C. The van der Waals surface area contributed by atoms with Crippen LogP contribution in [0.25, 0.3) is 0 Å². The molecule has 3 nitrogen and oxygen atoms in total. The largest absolute Gasteiger partial charge is 0.379 e. The van der Waals surface area contributed by atoms with E-state index in [0.717, 1.165) is 18.9 Å². The highest BCUT2D eigenvalue weighted by Gasteiger charge is 1.95. The van der Waals surface area contributed by atoms with Gasteiger partial charge in [0.25, 0.3) is 0 Å². The van der Waals surface area contributed by atoms with Gasteiger partial charge in [-0.3, -0.25) is 0 Å². The Kier molecular flexibility index (Phi) is 12.3. The molecule has 0 rings (SSSR count). The van der Waals surface area contributed by atoms with Gasteiger partial charge in [-0.2, -0.15) is 0 Å². The van der Waals surface area contributed by atoms with Crippen molar-refractivity contribution in [3.63, 3.8) is 0 Å². The average Bonchev–Trinajstić information content (AvgIpc) is 2.25. The zero-order valence-electron chi connectivity index (χ0n) is 12.0. The Morgan fingerprint density at radius 2 is 1.29 bits per heavy atom. The molecule has 3 heteroatoms. The van der Waals surface area contributed by atoms with Crippen LogP contribution >= 0.6 is 0 Å². The molecule has 0 aromatic heterocycles. The smallest absolute Gasteiger partial charge is 0.0703 e. The molecule has 0 heterocycles. The van der Waals surface area contributed by atoms with Crippen molar-refractivity contribution in [2.24, 2.45) is 5.92 Å². The van der Waals surface area contributed by atoms with Crippen LogP contribution in [0.3, 0.4) is 0 Å². The lowest BCUT2D eigenvalue weighted by molar-refractivity contribution is -0.00189. The molecule has 0 fully saturated rings. The van der Waals surface area contributed by atoms with E-state index in [9.17, 15) is 0 Å². The van der Waals surface area contributed by atoms with Crippen LogP contribution in [0.15, 0.2) is 0 Å². The second-order valence-corrected chi connectivity index (χ2v) is 5.03. The predicted octanol–water partition coefficient (Wildman–Crippen LogP) is 3.27. The number of rotatable bonds is 12. The van der Waals surface area contributed by atoms with Gasteiger partial charge in [0.05, 0.1) is 32.5 Å². The van der Waals surface area contributed by atoms with Gasteiger partial charge in [0.2, 0.25) is 0 Å². The maximum Gasteiger partial charge on any atom is 0.0703 e. The van der Waals surface area contributed by atoms with Gasteiger partial charge in [-0.15, -0.1) is 0 Å². The molecule has 0 aromatic rings. The normalized spacial score (nSPS) is 11.6. The van der Waals surface area contributed by atoms with Crippen LogP contribution in [0.1, 0.15) is 47.0 Å². The van der Waals surface area contributed by atoms with Gasteiger partial charge < -0.3 is 14.2 Å². The van der Waals surface area contributed by atoms with E-state index in [0.29, 0.717) is 26.4 Å². The fraction of sp³-hybridized carbons (Fsp3) is 1.00. The van der Waals surface area contributed by atoms with Crippen molar-refractivity contribution in [2.75, 3.05) is 33.0 Å². The first kappa shape index (κ1) is 16.9. The number of unbranched alkanes of at least 4 members (excludes halogenated alkanes) is 1. The summed E-state index contributed by atoms with van der Waals surface area (Å²) < 4.78 is 16.2. The van der Waals surface area contributed by atoms with Crippen molar-refractivity contribution in [1.29, 1.82) is 0 Å². The molecule has 0 bridgehead atoms. The van der Waals surface area contributed by atoms with Gasteiger partial charge in [-0.1, -0.05) is 26.7 Å². The van der Waals surface area contributed by atoms with Crippen molar-refractivity contribution in [3.05, 3.63) is 0 Å². The van der Waals surface area contributed by atoms with E-state index in [2.05, 4.69) is 13.8 Å². The van der Waals surface area contributed by atoms with E-state index in [-0.39, 0.29) is 6.10 Å². The topological polar surface area (TPSA) is 27.7 Å². The minimum atomic E-state index is 0.288. The fourth-order valence-electron chi connectivity index (χ4n) is 1.42. The van der Waals surface area contributed by atoms with Gasteiger partial charge in [0.1, 0.15) is 0 Å². The Morgan fingerprint density at radius 1 is 0.706 bits per heavy atom. The Bertz CT molecular complexity index is 130. The Balaban J connectivity index is 2.94. The minimum Gasteiger partial charge on any atom is -0.379 e. The molecule has 0 N–H and O–H groups in total. The van der Waals surface area contributed by atoms with Crippen LogP contribution in [0.2, 0.25) is 0 Å². The van der Waals surface area contributed by atoms with Gasteiger partial charge in [0, 0.05) is 6.61 Å². The molecule has 0 aromatic carbocycles. The molecule has 0 saturated heterocycles. The fourth-order valence-corrected chi connectivity index (χ4v) is 1.42. The van der Waals surface area contributed by atoms with Crippen molar-refractivity contribution in [1.82, 2.24) is 0 Å². The Morgan fingerprint density at radius 3 is 1.88 bits per heavy atom. The number of ether oxygens (including phenoxy) is 3. The summed E-state index contributed by atoms with van der Waals surface area (Å²) in [6, 6.07) is 0. The van der Waals surface area contributed by atoms with Crippen molar-refractivity contribution >= 4 is 0 Å². The molecule has 0 amide bonds. The molecule has 17 heavy (non-hydrogen) atoms. The molecule has 0 aliphatic carbocycles. The second-order valence-electron chi connectivity index (χ2n) is 5.03. The van der Waals surface area contributed by atoms with Crippen LogP contribution in [0.5, 0.6) is 0 Å². The standard InChI is InChI=1S/C14H30O3/c1-13(2)7-5-6-8-15-9-10-16-11-12-17-14(3)4/h13-14H,5-12H2,1-4H3. The van der Waals surface area contributed by atoms with Crippen LogP contribution in [-0.2, 0) is 14.2 Å². The zero-order chi connectivity index (χ0) is 12.9. The van der Waals surface area contributed by atoms with Crippen molar-refractivity contribution in [3.8, 4) is 0 Å². The summed E-state index contributed by atoms with van der Waals surface area (Å²) in [7, 11) is 0. The van der Waals surface area contributed by atoms with Crippen LogP contribution in [0.4, 0.5) is 0 Å². The second kappa shape index (κ2) is 12.3. The van der Waals surface area contributed by atoms with Gasteiger partial charge in [-0.25, -0.2) is 0 Å². The summed E-state index contributed by atoms with van der Waals surface area (Å²) in [6.07, 6.45) is 4.01. The molecule has 0 atom stereocenters. The molecular formula is C14H30O3. The quantitative estimate of drug-likeness (QED) is 0.495. The first-order chi connectivity index (χ1) is 8.13. The third-order valence-electron chi connectivity index (χ3n) is 2.37. The number of hydrogen-bond donors (Lipinski definition) is 0. The van der Waals surface area contributed by atoms with E-state index in [1.807, 2.05) is 13.8 Å². The zero-order valence-corrected chi connectivity index (χ0v) is 12.0. The minimum absolute atomic E-state index is 0.288. The maximum absolute atomic E-state index is 5.48. The maximum atomic E-state index is 5.48. The first-order valence-corrected chi connectivity index (χ1v) is 6.90. The predicted molar refractivity (Wildman–Crippen MR) is 71.4 cm³/mol. The summed E-state index contributed by atoms with van der Waals surface area (Å²) >= 11 is 0. The third kappa shape index (κ3) is 15.9. The Hall–Kier alpha value is -0.120. The lowest BCUT2D eigenvalue weighted by atomic mass is 10.1. The lowest BCUT2D eigenvalue weighted by Crippen LogP contribution is -2.12. The molecule has 0 aliphatic heterocycles. The van der Waals surface area contributed by atoms with Crippen LogP contribution in [-0.4, -0.2) is 39.1 Å². The summed E-state index contributed by atoms with van der Waals surface area (Å²) in [6.45, 7) is 12.1. The summed E-state index contributed by atoms with van der Waals surface area (Å²) in [5, 5.41) is 0. The summed E-state index contributed by atoms with van der Waals surface area (Å²) in [5.41, 5.74) is 0. The first-order valence-electron chi connectivity index (χ1n) is 6.90. The highest BCUT2D eigenvalue weighted by molar-refractivity contribution is 4.46.